The Hall–Kier alpha value is -0.730. The van der Waals surface area contributed by atoms with E-state index in [9.17, 15) is 4.79 Å². The van der Waals surface area contributed by atoms with E-state index in [0.29, 0.717) is 12.1 Å². The highest BCUT2D eigenvalue weighted by atomic mass is 16.2. The molecule has 1 atom stereocenters. The fourth-order valence-corrected chi connectivity index (χ4v) is 2.94. The van der Waals surface area contributed by atoms with Gasteiger partial charge in [-0.05, 0) is 32.1 Å². The Morgan fingerprint density at radius 3 is 2.44 bits per heavy atom. The van der Waals surface area contributed by atoms with E-state index in [1.165, 1.54) is 38.5 Å². The summed E-state index contributed by atoms with van der Waals surface area (Å²) in [6, 6.07) is 0.807. The van der Waals surface area contributed by atoms with Crippen LogP contribution in [0.25, 0.3) is 0 Å². The number of likely N-dealkylation sites (tertiary alicyclic amines) is 2. The number of rotatable bonds is 1. The van der Waals surface area contributed by atoms with Crippen LogP contribution in [0.1, 0.15) is 51.9 Å². The molecule has 0 spiro atoms. The minimum Gasteiger partial charge on any atom is -0.325 e. The van der Waals surface area contributed by atoms with Crippen LogP contribution in [-0.4, -0.2) is 41.5 Å². The maximum Gasteiger partial charge on any atom is 0.320 e. The summed E-state index contributed by atoms with van der Waals surface area (Å²) in [6.07, 6.45) is 8.47. The van der Waals surface area contributed by atoms with Crippen LogP contribution in [0.2, 0.25) is 0 Å². The number of urea groups is 1. The van der Waals surface area contributed by atoms with Gasteiger partial charge >= 0.3 is 6.03 Å². The Morgan fingerprint density at radius 2 is 1.75 bits per heavy atom. The largest absolute Gasteiger partial charge is 0.325 e. The van der Waals surface area contributed by atoms with E-state index in [2.05, 4.69) is 11.8 Å². The van der Waals surface area contributed by atoms with Gasteiger partial charge in [0.15, 0.2) is 0 Å². The van der Waals surface area contributed by atoms with Crippen LogP contribution in [0.3, 0.4) is 0 Å². The van der Waals surface area contributed by atoms with Crippen molar-refractivity contribution in [1.82, 2.24) is 9.80 Å². The monoisotopic (exact) mass is 224 g/mol. The van der Waals surface area contributed by atoms with Crippen molar-refractivity contribution in [3.63, 3.8) is 0 Å². The molecular weight excluding hydrogens is 200 g/mol. The number of hydrogen-bond donors (Lipinski definition) is 0. The lowest BCUT2D eigenvalue weighted by Crippen LogP contribution is -2.46. The van der Waals surface area contributed by atoms with Crippen LogP contribution < -0.4 is 0 Å². The summed E-state index contributed by atoms with van der Waals surface area (Å²) < 4.78 is 0. The van der Waals surface area contributed by atoms with Crippen LogP contribution in [0, 0.1) is 0 Å². The summed E-state index contributed by atoms with van der Waals surface area (Å²) in [4.78, 5) is 16.6. The minimum atomic E-state index is 0.311. The molecule has 2 heterocycles. The van der Waals surface area contributed by atoms with Gasteiger partial charge in [-0.1, -0.05) is 19.8 Å². The van der Waals surface area contributed by atoms with E-state index >= 15 is 0 Å². The summed E-state index contributed by atoms with van der Waals surface area (Å²) in [5.41, 5.74) is 0. The zero-order chi connectivity index (χ0) is 11.4. The zero-order valence-electron chi connectivity index (χ0n) is 10.5. The van der Waals surface area contributed by atoms with Crippen molar-refractivity contribution < 1.29 is 4.79 Å². The molecule has 2 saturated heterocycles. The molecule has 0 aromatic rings. The second kappa shape index (κ2) is 5.55. The molecule has 1 unspecified atom stereocenters. The van der Waals surface area contributed by atoms with Gasteiger partial charge < -0.3 is 9.80 Å². The number of amides is 2. The molecular formula is C13H24N2O. The Balaban J connectivity index is 2.00. The summed E-state index contributed by atoms with van der Waals surface area (Å²) in [5.74, 6) is 0. The van der Waals surface area contributed by atoms with Crippen molar-refractivity contribution >= 4 is 6.03 Å². The number of carbonyl (C=O) groups excluding carboxylic acids is 1. The highest BCUT2D eigenvalue weighted by molar-refractivity contribution is 5.75. The van der Waals surface area contributed by atoms with Crippen molar-refractivity contribution in [3.8, 4) is 0 Å². The van der Waals surface area contributed by atoms with E-state index in [1.807, 2.05) is 4.90 Å². The lowest BCUT2D eigenvalue weighted by Gasteiger charge is -2.33. The first kappa shape index (κ1) is 11.7. The molecule has 0 N–H and O–H groups in total. The highest BCUT2D eigenvalue weighted by Crippen LogP contribution is 2.22. The molecule has 0 saturated carbocycles. The van der Waals surface area contributed by atoms with Crippen LogP contribution in [0.15, 0.2) is 0 Å². The molecule has 16 heavy (non-hydrogen) atoms. The van der Waals surface area contributed by atoms with E-state index in [1.54, 1.807) is 0 Å². The van der Waals surface area contributed by atoms with Gasteiger partial charge in [0.2, 0.25) is 0 Å². The molecule has 2 fully saturated rings. The molecule has 3 heteroatoms. The summed E-state index contributed by atoms with van der Waals surface area (Å²) in [7, 11) is 0. The maximum atomic E-state index is 12.4. The highest BCUT2D eigenvalue weighted by Gasteiger charge is 2.28. The SMILES string of the molecule is CCC1CCCCCN1C(=O)N1CCCC1. The molecule has 0 aliphatic carbocycles. The Morgan fingerprint density at radius 1 is 1.06 bits per heavy atom. The fraction of sp³-hybridized carbons (Fsp3) is 0.923. The predicted octanol–water partition coefficient (Wildman–Crippen LogP) is 2.86. The molecule has 92 valence electrons. The first-order chi connectivity index (χ1) is 7.83. The molecule has 2 rings (SSSR count). The Labute approximate surface area is 98.8 Å². The van der Waals surface area contributed by atoms with Gasteiger partial charge in [-0.15, -0.1) is 0 Å². The second-order valence-corrected chi connectivity index (χ2v) is 5.08. The first-order valence-electron chi connectivity index (χ1n) is 6.88. The van der Waals surface area contributed by atoms with Crippen molar-refractivity contribution in [2.75, 3.05) is 19.6 Å². The van der Waals surface area contributed by atoms with Gasteiger partial charge in [-0.2, -0.15) is 0 Å². The smallest absolute Gasteiger partial charge is 0.320 e. The average Bonchev–Trinajstić information content (AvgIpc) is 2.73. The van der Waals surface area contributed by atoms with Crippen molar-refractivity contribution in [3.05, 3.63) is 0 Å². The third kappa shape index (κ3) is 2.50. The lowest BCUT2D eigenvalue weighted by molar-refractivity contribution is 0.141. The third-order valence-corrected chi connectivity index (χ3v) is 3.97. The van der Waals surface area contributed by atoms with E-state index in [4.69, 9.17) is 0 Å². The molecule has 2 aliphatic rings. The van der Waals surface area contributed by atoms with Crippen LogP contribution >= 0.6 is 0 Å². The zero-order valence-corrected chi connectivity index (χ0v) is 10.5. The molecule has 0 aromatic heterocycles. The molecule has 0 radical (unpaired) electrons. The number of carbonyl (C=O) groups is 1. The molecule has 3 nitrogen and oxygen atoms in total. The topological polar surface area (TPSA) is 23.6 Å². The van der Waals surface area contributed by atoms with Crippen LogP contribution in [-0.2, 0) is 0 Å². The average molecular weight is 224 g/mol. The van der Waals surface area contributed by atoms with Gasteiger partial charge in [0.05, 0.1) is 0 Å². The summed E-state index contributed by atoms with van der Waals surface area (Å²) in [5, 5.41) is 0. The minimum absolute atomic E-state index is 0.311. The van der Waals surface area contributed by atoms with Gasteiger partial charge in [0.1, 0.15) is 0 Å². The Bertz CT molecular complexity index is 236. The first-order valence-corrected chi connectivity index (χ1v) is 6.88. The molecule has 0 bridgehead atoms. The van der Waals surface area contributed by atoms with Gasteiger partial charge in [0.25, 0.3) is 0 Å². The summed E-state index contributed by atoms with van der Waals surface area (Å²) >= 11 is 0. The fourth-order valence-electron chi connectivity index (χ4n) is 2.94. The second-order valence-electron chi connectivity index (χ2n) is 5.08. The van der Waals surface area contributed by atoms with Crippen molar-refractivity contribution in [1.29, 1.82) is 0 Å². The lowest BCUT2D eigenvalue weighted by atomic mass is 10.1. The van der Waals surface area contributed by atoms with Gasteiger partial charge in [-0.25, -0.2) is 4.79 Å². The third-order valence-electron chi connectivity index (χ3n) is 3.97. The summed E-state index contributed by atoms with van der Waals surface area (Å²) in [6.45, 7) is 5.14. The van der Waals surface area contributed by atoms with E-state index < -0.39 is 0 Å². The molecule has 2 amide bonds. The van der Waals surface area contributed by atoms with Gasteiger partial charge in [0, 0.05) is 25.7 Å². The Kier molecular flexibility index (Phi) is 4.08. The van der Waals surface area contributed by atoms with Gasteiger partial charge in [-0.3, -0.25) is 0 Å². The maximum absolute atomic E-state index is 12.4. The van der Waals surface area contributed by atoms with Crippen LogP contribution in [0.5, 0.6) is 0 Å². The van der Waals surface area contributed by atoms with Crippen molar-refractivity contribution in [2.45, 2.75) is 57.9 Å². The van der Waals surface area contributed by atoms with E-state index in [-0.39, 0.29) is 0 Å². The number of nitrogens with zero attached hydrogens (tertiary/aromatic N) is 2. The normalized spacial score (nSPS) is 26.9. The van der Waals surface area contributed by atoms with E-state index in [0.717, 1.165) is 26.1 Å². The van der Waals surface area contributed by atoms with Crippen LogP contribution in [0.4, 0.5) is 4.79 Å². The molecule has 2 aliphatic heterocycles. The molecule has 0 aromatic carbocycles. The standard InChI is InChI=1S/C13H24N2O/c1-2-12-8-4-3-5-11-15(12)13(16)14-9-6-7-10-14/h12H,2-11H2,1H3. The van der Waals surface area contributed by atoms with Crippen molar-refractivity contribution in [2.24, 2.45) is 0 Å². The predicted molar refractivity (Wildman–Crippen MR) is 65.5 cm³/mol. The number of hydrogen-bond acceptors (Lipinski definition) is 1. The quantitative estimate of drug-likeness (QED) is 0.672.